The third-order valence-corrected chi connectivity index (χ3v) is 5.52. The second-order valence-electron chi connectivity index (χ2n) is 5.96. The van der Waals surface area contributed by atoms with Gasteiger partial charge in [0.15, 0.2) is 0 Å². The molecule has 5 nitrogen and oxygen atoms in total. The Morgan fingerprint density at radius 2 is 1.96 bits per heavy atom. The average Bonchev–Trinajstić information content (AvgIpc) is 3.23. The van der Waals surface area contributed by atoms with E-state index >= 15 is 0 Å². The van der Waals surface area contributed by atoms with Crippen molar-refractivity contribution < 1.29 is 9.53 Å². The van der Waals surface area contributed by atoms with E-state index in [0.717, 1.165) is 21.6 Å². The van der Waals surface area contributed by atoms with E-state index in [1.165, 1.54) is 11.3 Å². The van der Waals surface area contributed by atoms with Crippen molar-refractivity contribution in [3.63, 3.8) is 0 Å². The highest BCUT2D eigenvalue weighted by Gasteiger charge is 2.18. The number of rotatable bonds is 4. The maximum absolute atomic E-state index is 12.8. The quantitative estimate of drug-likeness (QED) is 0.507. The lowest BCUT2D eigenvalue weighted by Crippen LogP contribution is -2.11. The molecule has 2 aromatic heterocycles. The van der Waals surface area contributed by atoms with Gasteiger partial charge in [-0.2, -0.15) is 5.10 Å². The normalized spacial score (nSPS) is 10.9. The highest BCUT2D eigenvalue weighted by molar-refractivity contribution is 7.20. The second kappa shape index (κ2) is 7.06. The molecule has 0 aliphatic carbocycles. The molecule has 0 spiro atoms. The van der Waals surface area contributed by atoms with Crippen molar-refractivity contribution in [3.8, 4) is 11.4 Å². The number of nitrogens with one attached hydrogen (secondary N) is 1. The number of thiophene rings is 1. The summed E-state index contributed by atoms with van der Waals surface area (Å²) in [7, 11) is 1.55. The zero-order valence-corrected chi connectivity index (χ0v) is 16.3. The summed E-state index contributed by atoms with van der Waals surface area (Å²) in [4.78, 5) is 14.3. The fourth-order valence-corrected chi connectivity index (χ4v) is 4.12. The predicted octanol–water partition coefficient (Wildman–Crippen LogP) is 5.31. The van der Waals surface area contributed by atoms with Gasteiger partial charge < -0.3 is 10.1 Å². The Bertz CT molecular complexity index is 1140. The molecule has 0 fully saturated rings. The third-order valence-electron chi connectivity index (χ3n) is 4.18. The molecule has 2 aromatic carbocycles. The van der Waals surface area contributed by atoms with Crippen LogP contribution in [-0.2, 0) is 0 Å². The maximum atomic E-state index is 12.8. The number of carbonyl (C=O) groups excluding carboxylic acids is 1. The number of hydrogen-bond acceptors (Lipinski definition) is 4. The average molecular weight is 398 g/mol. The predicted molar refractivity (Wildman–Crippen MR) is 110 cm³/mol. The van der Waals surface area contributed by atoms with Crippen molar-refractivity contribution in [1.82, 2.24) is 9.78 Å². The minimum absolute atomic E-state index is 0.212. The van der Waals surface area contributed by atoms with Crippen molar-refractivity contribution in [2.45, 2.75) is 6.92 Å². The fourth-order valence-electron chi connectivity index (χ4n) is 2.87. The Balaban J connectivity index is 1.71. The van der Waals surface area contributed by atoms with Crippen molar-refractivity contribution in [3.05, 3.63) is 70.2 Å². The van der Waals surface area contributed by atoms with Crippen LogP contribution in [0.3, 0.4) is 0 Å². The number of aromatic nitrogens is 2. The van der Waals surface area contributed by atoms with Gasteiger partial charge in [-0.05, 0) is 43.3 Å². The van der Waals surface area contributed by atoms with Crippen molar-refractivity contribution in [2.24, 2.45) is 0 Å². The Kier molecular flexibility index (Phi) is 4.59. The van der Waals surface area contributed by atoms with E-state index in [1.54, 1.807) is 25.3 Å². The number of methoxy groups -OCH3 is 1. The first kappa shape index (κ1) is 17.6. The monoisotopic (exact) mass is 397 g/mol. The fraction of sp³-hybridized carbons (Fsp3) is 0.100. The molecule has 4 aromatic rings. The van der Waals surface area contributed by atoms with Crippen molar-refractivity contribution in [1.29, 1.82) is 0 Å². The molecule has 0 bridgehead atoms. The number of para-hydroxylation sites is 1. The molecule has 0 radical (unpaired) electrons. The van der Waals surface area contributed by atoms with E-state index < -0.39 is 0 Å². The van der Waals surface area contributed by atoms with Crippen LogP contribution in [0.4, 0.5) is 5.69 Å². The number of fused-ring (bicyclic) bond motifs is 1. The van der Waals surface area contributed by atoms with Gasteiger partial charge in [0, 0.05) is 10.4 Å². The van der Waals surface area contributed by atoms with Gasteiger partial charge in [-0.25, -0.2) is 4.68 Å². The smallest absolute Gasteiger partial charge is 0.265 e. The lowest BCUT2D eigenvalue weighted by molar-refractivity contribution is 0.103. The Morgan fingerprint density at radius 1 is 1.19 bits per heavy atom. The number of anilines is 1. The maximum Gasteiger partial charge on any atom is 0.265 e. The van der Waals surface area contributed by atoms with Crippen molar-refractivity contribution in [2.75, 3.05) is 12.4 Å². The minimum atomic E-state index is -0.212. The highest BCUT2D eigenvalue weighted by atomic mass is 35.5. The van der Waals surface area contributed by atoms with Gasteiger partial charge in [0.05, 0.1) is 29.1 Å². The number of nitrogens with zero attached hydrogens (tertiary/aromatic N) is 2. The SMILES string of the molecule is COc1ccc(Cl)cc1NC(=O)c1cc2c(C)nn(-c3ccccc3)c2s1. The van der Waals surface area contributed by atoms with Crippen LogP contribution in [-0.4, -0.2) is 22.8 Å². The summed E-state index contributed by atoms with van der Waals surface area (Å²) in [6.45, 7) is 1.94. The molecule has 27 heavy (non-hydrogen) atoms. The molecule has 136 valence electrons. The third kappa shape index (κ3) is 3.29. The number of benzene rings is 2. The molecule has 1 N–H and O–H groups in total. The number of ether oxygens (including phenoxy) is 1. The number of hydrogen-bond donors (Lipinski definition) is 1. The Morgan fingerprint density at radius 3 is 2.70 bits per heavy atom. The first-order chi connectivity index (χ1) is 13.1. The Hall–Kier alpha value is -2.83. The van der Waals surface area contributed by atoms with Gasteiger partial charge in [0.2, 0.25) is 0 Å². The molecular formula is C20H16ClN3O2S. The van der Waals surface area contributed by atoms with Crippen LogP contribution >= 0.6 is 22.9 Å². The van der Waals surface area contributed by atoms with E-state index in [-0.39, 0.29) is 5.91 Å². The summed E-state index contributed by atoms with van der Waals surface area (Å²) in [5, 5.41) is 8.97. The number of amides is 1. The summed E-state index contributed by atoms with van der Waals surface area (Å²) in [5.41, 5.74) is 2.37. The standard InChI is InChI=1S/C20H16ClN3O2S/c1-12-15-11-18(19(25)22-16-10-13(21)8-9-17(16)26-2)27-20(15)24(23-12)14-6-4-3-5-7-14/h3-11H,1-2H3,(H,22,25). The summed E-state index contributed by atoms with van der Waals surface area (Å²) < 4.78 is 7.16. The molecule has 0 aliphatic heterocycles. The van der Waals surface area contributed by atoms with E-state index in [0.29, 0.717) is 21.3 Å². The molecule has 0 unspecified atom stereocenters. The number of aryl methyl sites for hydroxylation is 1. The first-order valence-electron chi connectivity index (χ1n) is 8.26. The molecular weight excluding hydrogens is 382 g/mol. The highest BCUT2D eigenvalue weighted by Crippen LogP contribution is 2.32. The number of halogens is 1. The largest absolute Gasteiger partial charge is 0.495 e. The molecule has 7 heteroatoms. The first-order valence-corrected chi connectivity index (χ1v) is 9.46. The molecule has 0 aliphatic rings. The summed E-state index contributed by atoms with van der Waals surface area (Å²) in [5.74, 6) is 0.344. The zero-order chi connectivity index (χ0) is 19.0. The summed E-state index contributed by atoms with van der Waals surface area (Å²) in [6, 6.07) is 16.8. The van der Waals surface area contributed by atoms with Crippen LogP contribution < -0.4 is 10.1 Å². The molecule has 1 amide bonds. The Labute approximate surface area is 165 Å². The van der Waals surface area contributed by atoms with Gasteiger partial charge in [0.1, 0.15) is 10.6 Å². The van der Waals surface area contributed by atoms with E-state index in [2.05, 4.69) is 10.4 Å². The van der Waals surface area contributed by atoms with E-state index in [9.17, 15) is 4.79 Å². The van der Waals surface area contributed by atoms with Crippen LogP contribution in [0, 0.1) is 6.92 Å². The zero-order valence-electron chi connectivity index (χ0n) is 14.7. The van der Waals surface area contributed by atoms with Gasteiger partial charge in [-0.3, -0.25) is 4.79 Å². The molecule has 0 saturated heterocycles. The van der Waals surface area contributed by atoms with Gasteiger partial charge >= 0.3 is 0 Å². The van der Waals surface area contributed by atoms with Gasteiger partial charge in [-0.1, -0.05) is 29.8 Å². The molecule has 2 heterocycles. The van der Waals surface area contributed by atoms with Crippen LogP contribution in [0.5, 0.6) is 5.75 Å². The van der Waals surface area contributed by atoms with Gasteiger partial charge in [-0.15, -0.1) is 11.3 Å². The summed E-state index contributed by atoms with van der Waals surface area (Å²) in [6.07, 6.45) is 0. The van der Waals surface area contributed by atoms with Gasteiger partial charge in [0.25, 0.3) is 5.91 Å². The number of carbonyl (C=O) groups is 1. The lowest BCUT2D eigenvalue weighted by Gasteiger charge is -2.09. The van der Waals surface area contributed by atoms with Crippen LogP contribution in [0.2, 0.25) is 5.02 Å². The second-order valence-corrected chi connectivity index (χ2v) is 7.43. The summed E-state index contributed by atoms with van der Waals surface area (Å²) >= 11 is 7.44. The van der Waals surface area contributed by atoms with Crippen LogP contribution in [0.1, 0.15) is 15.4 Å². The van der Waals surface area contributed by atoms with Crippen LogP contribution in [0.25, 0.3) is 15.9 Å². The molecule has 0 saturated carbocycles. The van der Waals surface area contributed by atoms with Crippen molar-refractivity contribution >= 4 is 44.7 Å². The lowest BCUT2D eigenvalue weighted by atomic mass is 10.2. The molecule has 4 rings (SSSR count). The minimum Gasteiger partial charge on any atom is -0.495 e. The van der Waals surface area contributed by atoms with Crippen LogP contribution in [0.15, 0.2) is 54.6 Å². The van der Waals surface area contributed by atoms with E-state index in [1.807, 2.05) is 48.0 Å². The molecule has 0 atom stereocenters. The topological polar surface area (TPSA) is 56.1 Å². The van der Waals surface area contributed by atoms with E-state index in [4.69, 9.17) is 16.3 Å².